The van der Waals surface area contributed by atoms with Crippen LogP contribution in [-0.4, -0.2) is 29.4 Å². The van der Waals surface area contributed by atoms with Gasteiger partial charge in [0.2, 0.25) is 5.91 Å². The number of nitrogens with one attached hydrogen (secondary N) is 1. The van der Waals surface area contributed by atoms with Gasteiger partial charge in [-0.1, -0.05) is 60.7 Å². The first-order valence-corrected chi connectivity index (χ1v) is 9.45. The average Bonchev–Trinajstić information content (AvgIpc) is 2.87. The number of fused-ring (bicyclic) bond motifs is 1. The quantitative estimate of drug-likeness (QED) is 0.924. The Hall–Kier alpha value is -2.13. The number of likely N-dealkylation sites (tertiary alicyclic amines) is 1. The van der Waals surface area contributed by atoms with Crippen LogP contribution in [0.2, 0.25) is 0 Å². The molecule has 0 unspecified atom stereocenters. The highest BCUT2D eigenvalue weighted by Crippen LogP contribution is 2.39. The first kappa shape index (κ1) is 16.3. The Morgan fingerprint density at radius 3 is 2.48 bits per heavy atom. The zero-order chi connectivity index (χ0) is 17.1. The fourth-order valence-electron chi connectivity index (χ4n) is 4.50. The molecule has 2 aliphatic rings. The van der Waals surface area contributed by atoms with Gasteiger partial charge in [0.15, 0.2) is 0 Å². The topological polar surface area (TPSA) is 32.3 Å². The second-order valence-corrected chi connectivity index (χ2v) is 7.27. The summed E-state index contributed by atoms with van der Waals surface area (Å²) in [5.74, 6) is 0.226. The van der Waals surface area contributed by atoms with Gasteiger partial charge in [-0.15, -0.1) is 0 Å². The van der Waals surface area contributed by atoms with Gasteiger partial charge in [0.1, 0.15) is 0 Å². The Balaban J connectivity index is 1.57. The number of carbonyl (C=O) groups is 1. The van der Waals surface area contributed by atoms with Gasteiger partial charge in [-0.3, -0.25) is 9.69 Å². The zero-order valence-electron chi connectivity index (χ0n) is 14.6. The molecule has 2 aliphatic heterocycles. The summed E-state index contributed by atoms with van der Waals surface area (Å²) in [4.78, 5) is 14.7. The molecule has 1 amide bonds. The second kappa shape index (κ2) is 7.40. The molecule has 1 N–H and O–H groups in total. The molecule has 0 bridgehead atoms. The van der Waals surface area contributed by atoms with Crippen LogP contribution in [0.4, 0.5) is 0 Å². The summed E-state index contributed by atoms with van der Waals surface area (Å²) in [6, 6.07) is 22.6. The van der Waals surface area contributed by atoms with E-state index in [0.717, 1.165) is 32.2 Å². The van der Waals surface area contributed by atoms with Gasteiger partial charge in [-0.25, -0.2) is 0 Å². The summed E-state index contributed by atoms with van der Waals surface area (Å²) in [5.41, 5.74) is 2.76. The van der Waals surface area contributed by atoms with Crippen LogP contribution in [0.3, 0.4) is 0 Å². The van der Waals surface area contributed by atoms with E-state index in [2.05, 4.69) is 70.9 Å². The number of nitrogens with zero attached hydrogens (tertiary/aromatic N) is 1. The Kier molecular flexibility index (Phi) is 4.84. The molecule has 2 fully saturated rings. The van der Waals surface area contributed by atoms with Crippen molar-refractivity contribution in [3.8, 4) is 0 Å². The van der Waals surface area contributed by atoms with E-state index in [1.54, 1.807) is 0 Å². The molecule has 0 aliphatic carbocycles. The number of hydrogen-bond acceptors (Lipinski definition) is 2. The molecule has 3 atom stereocenters. The van der Waals surface area contributed by atoms with Gasteiger partial charge in [0.25, 0.3) is 0 Å². The van der Waals surface area contributed by atoms with E-state index in [0.29, 0.717) is 18.5 Å². The van der Waals surface area contributed by atoms with Gasteiger partial charge in [0, 0.05) is 31.1 Å². The van der Waals surface area contributed by atoms with Crippen LogP contribution in [0.1, 0.15) is 42.9 Å². The minimum absolute atomic E-state index is 0.226. The van der Waals surface area contributed by atoms with Gasteiger partial charge in [0.05, 0.1) is 0 Å². The minimum atomic E-state index is 0.226. The summed E-state index contributed by atoms with van der Waals surface area (Å²) in [7, 11) is 0. The lowest BCUT2D eigenvalue weighted by Gasteiger charge is -2.31. The van der Waals surface area contributed by atoms with Gasteiger partial charge in [-0.2, -0.15) is 0 Å². The van der Waals surface area contributed by atoms with Gasteiger partial charge >= 0.3 is 0 Å². The lowest BCUT2D eigenvalue weighted by atomic mass is 10.0. The van der Waals surface area contributed by atoms with Crippen LogP contribution < -0.4 is 5.32 Å². The summed E-state index contributed by atoms with van der Waals surface area (Å²) >= 11 is 0. The van der Waals surface area contributed by atoms with Crippen molar-refractivity contribution in [3.63, 3.8) is 0 Å². The van der Waals surface area contributed by atoms with Crippen LogP contribution in [-0.2, 0) is 11.2 Å². The van der Waals surface area contributed by atoms with E-state index in [1.165, 1.54) is 11.1 Å². The van der Waals surface area contributed by atoms with Crippen LogP contribution in [0, 0.1) is 0 Å². The lowest BCUT2D eigenvalue weighted by molar-refractivity contribution is -0.121. The third kappa shape index (κ3) is 3.62. The Labute approximate surface area is 150 Å². The van der Waals surface area contributed by atoms with Gasteiger partial charge < -0.3 is 5.32 Å². The lowest BCUT2D eigenvalue weighted by Crippen LogP contribution is -2.43. The van der Waals surface area contributed by atoms with Crippen LogP contribution in [0.5, 0.6) is 0 Å². The molecule has 0 saturated carbocycles. The summed E-state index contributed by atoms with van der Waals surface area (Å²) in [6.45, 7) is 1.04. The van der Waals surface area contributed by atoms with Gasteiger partial charge in [-0.05, 0) is 36.8 Å². The van der Waals surface area contributed by atoms with E-state index < -0.39 is 0 Å². The molecule has 25 heavy (non-hydrogen) atoms. The van der Waals surface area contributed by atoms with E-state index in [1.807, 2.05) is 0 Å². The molecular weight excluding hydrogens is 308 g/mol. The third-order valence-electron chi connectivity index (χ3n) is 5.70. The summed E-state index contributed by atoms with van der Waals surface area (Å²) in [6.07, 6.45) is 4.87. The summed E-state index contributed by atoms with van der Waals surface area (Å²) < 4.78 is 0. The fraction of sp³-hybridized carbons (Fsp3) is 0.409. The van der Waals surface area contributed by atoms with Crippen molar-refractivity contribution < 1.29 is 4.79 Å². The summed E-state index contributed by atoms with van der Waals surface area (Å²) in [5, 5.41) is 3.29. The fourth-order valence-corrected chi connectivity index (χ4v) is 4.50. The highest BCUT2D eigenvalue weighted by Gasteiger charge is 2.42. The van der Waals surface area contributed by atoms with Crippen LogP contribution in [0.15, 0.2) is 60.7 Å². The van der Waals surface area contributed by atoms with Crippen LogP contribution >= 0.6 is 0 Å². The number of carbonyl (C=O) groups excluding carboxylic acids is 1. The number of rotatable bonds is 4. The molecule has 2 heterocycles. The number of amides is 1. The molecule has 3 nitrogen and oxygen atoms in total. The number of hydrogen-bond donors (Lipinski definition) is 1. The second-order valence-electron chi connectivity index (χ2n) is 7.27. The number of benzene rings is 2. The molecular formula is C22H26N2O. The van der Waals surface area contributed by atoms with Crippen molar-refractivity contribution in [2.45, 2.75) is 50.2 Å². The standard InChI is InChI=1S/C22H26N2O/c25-22-13-7-12-20-19(23-22)16-21(18-10-5-2-6-11-18)24(20)15-14-17-8-3-1-4-9-17/h1-6,8-11,19-21H,7,12-16H2,(H,23,25)/t19-,20+,21+/m0/s1. The first-order valence-electron chi connectivity index (χ1n) is 9.45. The van der Waals surface area contributed by atoms with E-state index in [9.17, 15) is 4.79 Å². The molecule has 0 spiro atoms. The molecule has 3 heteroatoms. The zero-order valence-corrected chi connectivity index (χ0v) is 14.6. The SMILES string of the molecule is O=C1CCC[C@@H]2[C@H](C[C@H](c3ccccc3)N2CCc2ccccc2)N1. The molecule has 2 aromatic rings. The molecule has 2 aromatic carbocycles. The van der Waals surface area contributed by atoms with Crippen molar-refractivity contribution >= 4 is 5.91 Å². The smallest absolute Gasteiger partial charge is 0.220 e. The Bertz CT molecular complexity index is 700. The third-order valence-corrected chi connectivity index (χ3v) is 5.70. The predicted octanol–water partition coefficient (Wildman–Crippen LogP) is 3.71. The highest BCUT2D eigenvalue weighted by atomic mass is 16.1. The molecule has 2 saturated heterocycles. The molecule has 0 aromatic heterocycles. The molecule has 4 rings (SSSR count). The van der Waals surface area contributed by atoms with E-state index in [4.69, 9.17) is 0 Å². The largest absolute Gasteiger partial charge is 0.352 e. The highest BCUT2D eigenvalue weighted by molar-refractivity contribution is 5.76. The van der Waals surface area contributed by atoms with E-state index >= 15 is 0 Å². The Morgan fingerprint density at radius 1 is 1.00 bits per heavy atom. The van der Waals surface area contributed by atoms with Crippen molar-refractivity contribution in [1.82, 2.24) is 10.2 Å². The molecule has 0 radical (unpaired) electrons. The monoisotopic (exact) mass is 334 g/mol. The van der Waals surface area contributed by atoms with Crippen LogP contribution in [0.25, 0.3) is 0 Å². The predicted molar refractivity (Wildman–Crippen MR) is 100 cm³/mol. The van der Waals surface area contributed by atoms with E-state index in [-0.39, 0.29) is 11.9 Å². The van der Waals surface area contributed by atoms with Crippen molar-refractivity contribution in [2.24, 2.45) is 0 Å². The maximum Gasteiger partial charge on any atom is 0.220 e. The normalized spacial score (nSPS) is 26.7. The van der Waals surface area contributed by atoms with Crippen molar-refractivity contribution in [2.75, 3.05) is 6.54 Å². The molecule has 130 valence electrons. The maximum atomic E-state index is 12.0. The first-order chi connectivity index (χ1) is 12.3. The van der Waals surface area contributed by atoms with Crippen molar-refractivity contribution in [1.29, 1.82) is 0 Å². The Morgan fingerprint density at radius 2 is 1.72 bits per heavy atom. The minimum Gasteiger partial charge on any atom is -0.352 e. The average molecular weight is 334 g/mol. The maximum absolute atomic E-state index is 12.0. The van der Waals surface area contributed by atoms with Crippen molar-refractivity contribution in [3.05, 3.63) is 71.8 Å².